The first kappa shape index (κ1) is 13.1. The number of piperidine rings is 1. The molecule has 4 heteroatoms. The van der Waals surface area contributed by atoms with E-state index in [4.69, 9.17) is 4.74 Å². The summed E-state index contributed by atoms with van der Waals surface area (Å²) in [6.07, 6.45) is 0. The molecule has 2 aliphatic heterocycles. The van der Waals surface area contributed by atoms with Crippen LogP contribution in [-0.4, -0.2) is 31.1 Å². The Morgan fingerprint density at radius 3 is 2.76 bits per heavy atom. The summed E-state index contributed by atoms with van der Waals surface area (Å²) >= 11 is 0. The summed E-state index contributed by atoms with van der Waals surface area (Å²) in [4.78, 5) is 12.5. The van der Waals surface area contributed by atoms with Crippen molar-refractivity contribution in [3.8, 4) is 5.75 Å². The SMILES string of the molecule is CC(C)(NC(=O)C1[C@H]2CNC[C@@H]12)C1COc2ccccc21. The van der Waals surface area contributed by atoms with Gasteiger partial charge in [-0.2, -0.15) is 0 Å². The van der Waals surface area contributed by atoms with Gasteiger partial charge in [-0.05, 0) is 44.8 Å². The number of para-hydroxylation sites is 1. The molecular weight excluding hydrogens is 264 g/mol. The topological polar surface area (TPSA) is 50.4 Å². The van der Waals surface area contributed by atoms with Gasteiger partial charge in [-0.25, -0.2) is 0 Å². The lowest BCUT2D eigenvalue weighted by atomic mass is 9.83. The van der Waals surface area contributed by atoms with Crippen LogP contribution in [0.5, 0.6) is 5.75 Å². The van der Waals surface area contributed by atoms with Crippen LogP contribution in [0.15, 0.2) is 24.3 Å². The highest BCUT2D eigenvalue weighted by Crippen LogP contribution is 2.49. The average molecular weight is 286 g/mol. The zero-order valence-electron chi connectivity index (χ0n) is 12.6. The molecule has 3 aliphatic rings. The molecule has 0 bridgehead atoms. The van der Waals surface area contributed by atoms with Gasteiger partial charge in [0.25, 0.3) is 0 Å². The first-order valence-corrected chi connectivity index (χ1v) is 7.82. The van der Waals surface area contributed by atoms with Crippen molar-refractivity contribution in [1.29, 1.82) is 0 Å². The van der Waals surface area contributed by atoms with Gasteiger partial charge in [-0.1, -0.05) is 18.2 Å². The first-order valence-electron chi connectivity index (χ1n) is 7.82. The Labute approximate surface area is 125 Å². The average Bonchev–Trinajstić information content (AvgIpc) is 2.82. The van der Waals surface area contributed by atoms with Gasteiger partial charge in [0.2, 0.25) is 5.91 Å². The smallest absolute Gasteiger partial charge is 0.224 e. The van der Waals surface area contributed by atoms with Crippen LogP contribution in [0.2, 0.25) is 0 Å². The quantitative estimate of drug-likeness (QED) is 0.886. The molecule has 4 nitrogen and oxygen atoms in total. The largest absolute Gasteiger partial charge is 0.493 e. The molecule has 1 saturated carbocycles. The number of ether oxygens (including phenoxy) is 1. The van der Waals surface area contributed by atoms with Crippen LogP contribution in [0.1, 0.15) is 25.3 Å². The van der Waals surface area contributed by atoms with Crippen LogP contribution in [-0.2, 0) is 4.79 Å². The molecule has 21 heavy (non-hydrogen) atoms. The summed E-state index contributed by atoms with van der Waals surface area (Å²) < 4.78 is 5.77. The fraction of sp³-hybridized carbons (Fsp3) is 0.588. The standard InChI is InChI=1S/C17H22N2O2/c1-17(2,13-9-21-14-6-4-3-5-10(13)14)19-16(20)15-11-7-18-8-12(11)15/h3-6,11-13,15,18H,7-9H2,1-2H3,(H,19,20)/t11-,12+,13?,15?. The van der Waals surface area contributed by atoms with E-state index in [0.29, 0.717) is 18.4 Å². The third-order valence-electron chi connectivity index (χ3n) is 5.41. The van der Waals surface area contributed by atoms with Gasteiger partial charge < -0.3 is 15.4 Å². The minimum atomic E-state index is -0.284. The Morgan fingerprint density at radius 2 is 2.00 bits per heavy atom. The Hall–Kier alpha value is -1.55. The van der Waals surface area contributed by atoms with Crippen LogP contribution < -0.4 is 15.4 Å². The van der Waals surface area contributed by atoms with Crippen molar-refractivity contribution in [3.63, 3.8) is 0 Å². The number of carbonyl (C=O) groups excluding carboxylic acids is 1. The van der Waals surface area contributed by atoms with Crippen LogP contribution in [0.3, 0.4) is 0 Å². The number of fused-ring (bicyclic) bond motifs is 2. The zero-order valence-corrected chi connectivity index (χ0v) is 12.6. The van der Waals surface area contributed by atoms with Crippen molar-refractivity contribution < 1.29 is 9.53 Å². The molecule has 1 aliphatic carbocycles. The monoisotopic (exact) mass is 286 g/mol. The van der Waals surface area contributed by atoms with Gasteiger partial charge in [0.15, 0.2) is 0 Å². The van der Waals surface area contributed by atoms with Gasteiger partial charge in [0.1, 0.15) is 5.75 Å². The van der Waals surface area contributed by atoms with E-state index in [1.165, 1.54) is 5.56 Å². The Morgan fingerprint density at radius 1 is 1.29 bits per heavy atom. The Bertz CT molecular complexity index is 574. The fourth-order valence-corrected chi connectivity index (χ4v) is 4.06. The molecule has 1 saturated heterocycles. The Kier molecular flexibility index (Phi) is 2.80. The van der Waals surface area contributed by atoms with Gasteiger partial charge >= 0.3 is 0 Å². The number of benzene rings is 1. The normalized spacial score (nSPS) is 33.0. The minimum absolute atomic E-state index is 0.217. The van der Waals surface area contributed by atoms with Crippen molar-refractivity contribution in [3.05, 3.63) is 29.8 Å². The van der Waals surface area contributed by atoms with E-state index in [-0.39, 0.29) is 23.3 Å². The molecule has 112 valence electrons. The lowest BCUT2D eigenvalue weighted by Gasteiger charge is -2.32. The zero-order chi connectivity index (χ0) is 14.6. The van der Waals surface area contributed by atoms with Crippen LogP contribution >= 0.6 is 0 Å². The molecule has 2 unspecified atom stereocenters. The maximum absolute atomic E-state index is 12.5. The maximum Gasteiger partial charge on any atom is 0.224 e. The summed E-state index contributed by atoms with van der Waals surface area (Å²) in [5, 5.41) is 6.62. The second kappa shape index (κ2) is 4.47. The Balaban J connectivity index is 1.48. The molecule has 4 atom stereocenters. The van der Waals surface area contributed by atoms with Crippen LogP contribution in [0.4, 0.5) is 0 Å². The molecule has 1 aromatic carbocycles. The third kappa shape index (κ3) is 2.04. The third-order valence-corrected chi connectivity index (χ3v) is 5.41. The summed E-state index contributed by atoms with van der Waals surface area (Å²) in [7, 11) is 0. The maximum atomic E-state index is 12.5. The van der Waals surface area contributed by atoms with E-state index >= 15 is 0 Å². The lowest BCUT2D eigenvalue weighted by molar-refractivity contribution is -0.124. The van der Waals surface area contributed by atoms with E-state index < -0.39 is 0 Å². The highest BCUT2D eigenvalue weighted by molar-refractivity contribution is 5.83. The van der Waals surface area contributed by atoms with Crippen LogP contribution in [0.25, 0.3) is 0 Å². The number of amides is 1. The van der Waals surface area contributed by atoms with Crippen molar-refractivity contribution in [2.75, 3.05) is 19.7 Å². The molecule has 2 N–H and O–H groups in total. The number of rotatable bonds is 3. The molecular formula is C17H22N2O2. The molecule has 0 radical (unpaired) electrons. The summed E-state index contributed by atoms with van der Waals surface area (Å²) in [5.41, 5.74) is 0.925. The lowest BCUT2D eigenvalue weighted by Crippen LogP contribution is -2.49. The summed E-state index contributed by atoms with van der Waals surface area (Å²) in [5.74, 6) is 2.75. The molecule has 1 amide bonds. The van der Waals surface area contributed by atoms with Gasteiger partial charge in [-0.15, -0.1) is 0 Å². The van der Waals surface area contributed by atoms with E-state index in [0.717, 1.165) is 18.8 Å². The van der Waals surface area contributed by atoms with Crippen molar-refractivity contribution >= 4 is 5.91 Å². The van der Waals surface area contributed by atoms with E-state index in [1.54, 1.807) is 0 Å². The van der Waals surface area contributed by atoms with E-state index in [2.05, 4.69) is 30.5 Å². The summed E-state index contributed by atoms with van der Waals surface area (Å²) in [6, 6.07) is 8.14. The number of carbonyl (C=O) groups is 1. The van der Waals surface area contributed by atoms with Crippen molar-refractivity contribution in [1.82, 2.24) is 10.6 Å². The molecule has 0 spiro atoms. The number of nitrogens with one attached hydrogen (secondary N) is 2. The van der Waals surface area contributed by atoms with Gasteiger partial charge in [0.05, 0.1) is 6.61 Å². The molecule has 2 heterocycles. The predicted octanol–water partition coefficient (Wildman–Crippen LogP) is 1.52. The van der Waals surface area contributed by atoms with Gasteiger partial charge in [0, 0.05) is 22.9 Å². The predicted molar refractivity (Wildman–Crippen MR) is 80.2 cm³/mol. The second-order valence-electron chi connectivity index (χ2n) is 7.12. The van der Waals surface area contributed by atoms with Crippen molar-refractivity contribution in [2.24, 2.45) is 17.8 Å². The molecule has 2 fully saturated rings. The number of hydrogen-bond acceptors (Lipinski definition) is 3. The first-order chi connectivity index (χ1) is 10.1. The molecule has 4 rings (SSSR count). The van der Waals surface area contributed by atoms with Crippen LogP contribution in [0, 0.1) is 17.8 Å². The van der Waals surface area contributed by atoms with Gasteiger partial charge in [-0.3, -0.25) is 4.79 Å². The highest BCUT2D eigenvalue weighted by Gasteiger charge is 2.57. The van der Waals surface area contributed by atoms with E-state index in [1.807, 2.05) is 18.2 Å². The minimum Gasteiger partial charge on any atom is -0.493 e. The highest BCUT2D eigenvalue weighted by atomic mass is 16.5. The summed E-state index contributed by atoms with van der Waals surface area (Å²) in [6.45, 7) is 6.86. The fourth-order valence-electron chi connectivity index (χ4n) is 4.06. The molecule has 1 aromatic rings. The second-order valence-corrected chi connectivity index (χ2v) is 7.12. The van der Waals surface area contributed by atoms with Crippen molar-refractivity contribution in [2.45, 2.75) is 25.3 Å². The number of hydrogen-bond donors (Lipinski definition) is 2. The molecule has 0 aromatic heterocycles. The van der Waals surface area contributed by atoms with E-state index in [9.17, 15) is 4.79 Å².